The molecule has 0 aromatic heterocycles. The molecule has 0 spiro atoms. The van der Waals surface area contributed by atoms with E-state index in [1.54, 1.807) is 23.1 Å². The Morgan fingerprint density at radius 3 is 2.67 bits per heavy atom. The fourth-order valence-corrected chi connectivity index (χ4v) is 4.21. The van der Waals surface area contributed by atoms with Crippen molar-refractivity contribution in [2.75, 3.05) is 7.11 Å². The predicted molar refractivity (Wildman–Crippen MR) is 100 cm³/mol. The van der Waals surface area contributed by atoms with Gasteiger partial charge in [0, 0.05) is 16.6 Å². The number of amides is 1. The summed E-state index contributed by atoms with van der Waals surface area (Å²) in [7, 11) is 1.53. The van der Waals surface area contributed by atoms with Crippen LogP contribution < -0.4 is 10.1 Å². The molecule has 24 heavy (non-hydrogen) atoms. The summed E-state index contributed by atoms with van der Waals surface area (Å²) in [6.07, 6.45) is 7.16. The Morgan fingerprint density at radius 2 is 2.00 bits per heavy atom. The number of ether oxygens (including phenoxy) is 1. The molecular formula is C17H18Cl2N2O2S. The van der Waals surface area contributed by atoms with Gasteiger partial charge < -0.3 is 10.1 Å². The van der Waals surface area contributed by atoms with Crippen molar-refractivity contribution in [1.29, 1.82) is 0 Å². The SMILES string of the molecule is COc1c(Cl)cc(Cl)cc1/C=C1\NC(=S)N(C2CCCCC2)C1=O. The van der Waals surface area contributed by atoms with Gasteiger partial charge >= 0.3 is 0 Å². The predicted octanol–water partition coefficient (Wildman–Crippen LogP) is 4.39. The Labute approximate surface area is 156 Å². The number of hydrogen-bond donors (Lipinski definition) is 1. The van der Waals surface area contributed by atoms with Gasteiger partial charge in [-0.25, -0.2) is 0 Å². The lowest BCUT2D eigenvalue weighted by Crippen LogP contribution is -2.41. The molecule has 0 atom stereocenters. The van der Waals surface area contributed by atoms with Crippen LogP contribution in [0, 0.1) is 0 Å². The number of thiocarbonyl (C=S) groups is 1. The fraction of sp³-hybridized carbons (Fsp3) is 0.412. The zero-order chi connectivity index (χ0) is 17.3. The first kappa shape index (κ1) is 17.5. The van der Waals surface area contributed by atoms with Gasteiger partial charge in [-0.05, 0) is 43.3 Å². The van der Waals surface area contributed by atoms with Crippen molar-refractivity contribution in [1.82, 2.24) is 10.2 Å². The van der Waals surface area contributed by atoms with E-state index in [0.717, 1.165) is 25.7 Å². The van der Waals surface area contributed by atoms with Crippen molar-refractivity contribution in [3.05, 3.63) is 33.4 Å². The van der Waals surface area contributed by atoms with E-state index in [9.17, 15) is 4.79 Å². The molecule has 1 aliphatic heterocycles. The molecule has 0 unspecified atom stereocenters. The normalized spacial score (nSPS) is 20.6. The molecule has 2 aliphatic rings. The second kappa shape index (κ2) is 7.30. The maximum atomic E-state index is 12.8. The second-order valence-corrected chi connectivity index (χ2v) is 7.20. The highest BCUT2D eigenvalue weighted by molar-refractivity contribution is 7.80. The smallest absolute Gasteiger partial charge is 0.276 e. The molecule has 7 heteroatoms. The number of rotatable bonds is 3. The number of carbonyl (C=O) groups excluding carboxylic acids is 1. The summed E-state index contributed by atoms with van der Waals surface area (Å²) in [6.45, 7) is 0. The molecule has 2 fully saturated rings. The third-order valence-electron chi connectivity index (χ3n) is 4.39. The third-order valence-corrected chi connectivity index (χ3v) is 5.19. The molecule has 128 valence electrons. The summed E-state index contributed by atoms with van der Waals surface area (Å²) in [4.78, 5) is 14.5. The second-order valence-electron chi connectivity index (χ2n) is 5.97. The van der Waals surface area contributed by atoms with Gasteiger partial charge in [-0.15, -0.1) is 0 Å². The highest BCUT2D eigenvalue weighted by Gasteiger charge is 2.36. The summed E-state index contributed by atoms with van der Waals surface area (Å²) in [5.41, 5.74) is 1.06. The van der Waals surface area contributed by atoms with Crippen LogP contribution in [0.25, 0.3) is 6.08 Å². The van der Waals surface area contributed by atoms with Gasteiger partial charge in [-0.2, -0.15) is 0 Å². The van der Waals surface area contributed by atoms with Crippen molar-refractivity contribution in [3.63, 3.8) is 0 Å². The molecule has 1 saturated carbocycles. The van der Waals surface area contributed by atoms with E-state index in [4.69, 9.17) is 40.2 Å². The number of benzene rings is 1. The van der Waals surface area contributed by atoms with Gasteiger partial charge in [-0.3, -0.25) is 9.69 Å². The van der Waals surface area contributed by atoms with Crippen LogP contribution in [0.5, 0.6) is 5.75 Å². The molecule has 3 rings (SSSR count). The maximum absolute atomic E-state index is 12.8. The van der Waals surface area contributed by atoms with Gasteiger partial charge in [0.25, 0.3) is 5.91 Å². The zero-order valence-electron chi connectivity index (χ0n) is 13.3. The standard InChI is InChI=1S/C17H18Cl2N2O2S/c1-23-15-10(7-11(18)9-13(15)19)8-14-16(22)21(17(24)20-14)12-5-3-2-4-6-12/h7-9,12H,2-6H2,1H3,(H,20,24)/b14-8-. The van der Waals surface area contributed by atoms with Crippen LogP contribution in [0.2, 0.25) is 10.0 Å². The highest BCUT2D eigenvalue weighted by atomic mass is 35.5. The van der Waals surface area contributed by atoms with Crippen LogP contribution in [0.15, 0.2) is 17.8 Å². The monoisotopic (exact) mass is 384 g/mol. The fourth-order valence-electron chi connectivity index (χ4n) is 3.28. The van der Waals surface area contributed by atoms with Gasteiger partial charge in [-0.1, -0.05) is 42.5 Å². The molecular weight excluding hydrogens is 367 g/mol. The van der Waals surface area contributed by atoms with E-state index < -0.39 is 0 Å². The molecule has 4 nitrogen and oxygen atoms in total. The van der Waals surface area contributed by atoms with Crippen molar-refractivity contribution in [3.8, 4) is 5.75 Å². The van der Waals surface area contributed by atoms with Crippen LogP contribution in [0.3, 0.4) is 0 Å². The third kappa shape index (κ3) is 3.39. The minimum Gasteiger partial charge on any atom is -0.495 e. The lowest BCUT2D eigenvalue weighted by molar-refractivity contribution is -0.124. The molecule has 1 aromatic carbocycles. The van der Waals surface area contributed by atoms with Crippen LogP contribution >= 0.6 is 35.4 Å². The highest BCUT2D eigenvalue weighted by Crippen LogP contribution is 2.34. The van der Waals surface area contributed by atoms with Crippen LogP contribution in [0.4, 0.5) is 0 Å². The lowest BCUT2D eigenvalue weighted by atomic mass is 9.94. The Hall–Kier alpha value is -1.30. The number of halogens is 2. The zero-order valence-corrected chi connectivity index (χ0v) is 15.6. The summed E-state index contributed by atoms with van der Waals surface area (Å²) in [6, 6.07) is 3.50. The van der Waals surface area contributed by atoms with Crippen LogP contribution in [-0.2, 0) is 4.79 Å². The largest absolute Gasteiger partial charge is 0.495 e. The summed E-state index contributed by atoms with van der Waals surface area (Å²) in [5, 5.41) is 4.35. The number of nitrogens with one attached hydrogen (secondary N) is 1. The van der Waals surface area contributed by atoms with E-state index in [1.807, 2.05) is 0 Å². The Bertz CT molecular complexity index is 715. The van der Waals surface area contributed by atoms with Gasteiger partial charge in [0.15, 0.2) is 5.11 Å². The van der Waals surface area contributed by atoms with E-state index in [-0.39, 0.29) is 11.9 Å². The first-order valence-corrected chi connectivity index (χ1v) is 9.07. The molecule has 0 radical (unpaired) electrons. The number of carbonyl (C=O) groups is 1. The molecule has 1 amide bonds. The van der Waals surface area contributed by atoms with Crippen LogP contribution in [-0.4, -0.2) is 29.1 Å². The summed E-state index contributed by atoms with van der Waals surface area (Å²) < 4.78 is 5.33. The van der Waals surface area contributed by atoms with E-state index in [1.165, 1.54) is 13.5 Å². The molecule has 1 N–H and O–H groups in total. The number of nitrogens with zero attached hydrogens (tertiary/aromatic N) is 1. The van der Waals surface area contributed by atoms with E-state index in [0.29, 0.717) is 32.2 Å². The maximum Gasteiger partial charge on any atom is 0.276 e. The van der Waals surface area contributed by atoms with Crippen molar-refractivity contribution in [2.24, 2.45) is 0 Å². The Kier molecular flexibility index (Phi) is 5.33. The first-order chi connectivity index (χ1) is 11.5. The van der Waals surface area contributed by atoms with Gasteiger partial charge in [0.1, 0.15) is 11.4 Å². The molecule has 1 aromatic rings. The minimum atomic E-state index is -0.106. The van der Waals surface area contributed by atoms with E-state index >= 15 is 0 Å². The van der Waals surface area contributed by atoms with Gasteiger partial charge in [0.2, 0.25) is 0 Å². The summed E-state index contributed by atoms with van der Waals surface area (Å²) in [5.74, 6) is 0.371. The minimum absolute atomic E-state index is 0.106. The Morgan fingerprint density at radius 1 is 1.29 bits per heavy atom. The Balaban J connectivity index is 1.92. The molecule has 1 saturated heterocycles. The van der Waals surface area contributed by atoms with E-state index in [2.05, 4.69) is 5.32 Å². The van der Waals surface area contributed by atoms with Gasteiger partial charge in [0.05, 0.1) is 12.1 Å². The lowest BCUT2D eigenvalue weighted by Gasteiger charge is -2.29. The van der Waals surface area contributed by atoms with Crippen molar-refractivity contribution >= 4 is 52.5 Å². The average molecular weight is 385 g/mol. The summed E-state index contributed by atoms with van der Waals surface area (Å²) >= 11 is 17.6. The van der Waals surface area contributed by atoms with Crippen molar-refractivity contribution < 1.29 is 9.53 Å². The number of hydrogen-bond acceptors (Lipinski definition) is 3. The van der Waals surface area contributed by atoms with Crippen LogP contribution in [0.1, 0.15) is 37.7 Å². The quantitative estimate of drug-likeness (QED) is 0.619. The first-order valence-electron chi connectivity index (χ1n) is 7.90. The molecule has 1 heterocycles. The number of methoxy groups -OCH3 is 1. The van der Waals surface area contributed by atoms with Crippen molar-refractivity contribution in [2.45, 2.75) is 38.1 Å². The average Bonchev–Trinajstić information content (AvgIpc) is 2.82. The topological polar surface area (TPSA) is 41.6 Å². The molecule has 0 bridgehead atoms. The molecule has 1 aliphatic carbocycles.